The van der Waals surface area contributed by atoms with Gasteiger partial charge in [-0.2, -0.15) is 5.10 Å². The number of hydrogen-bond acceptors (Lipinski definition) is 2. The van der Waals surface area contributed by atoms with E-state index in [4.69, 9.17) is 0 Å². The molecule has 1 aromatic heterocycles. The summed E-state index contributed by atoms with van der Waals surface area (Å²) in [5.74, 6) is -0.808. The van der Waals surface area contributed by atoms with Crippen LogP contribution in [0.4, 0.5) is 19.0 Å². The fourth-order valence-corrected chi connectivity index (χ4v) is 3.34. The summed E-state index contributed by atoms with van der Waals surface area (Å²) in [6.07, 6.45) is 3.38. The molecule has 0 saturated carbocycles. The molecular weight excluding hydrogens is 339 g/mol. The van der Waals surface area contributed by atoms with Gasteiger partial charge in [0.1, 0.15) is 23.1 Å². The molecule has 2 aromatic carbocycles. The van der Waals surface area contributed by atoms with Gasteiger partial charge in [-0.15, -0.1) is 0 Å². The smallest absolute Gasteiger partial charge is 0.151 e. The maximum atomic E-state index is 14.3. The molecular formula is C20H18F3N3. The van der Waals surface area contributed by atoms with Crippen molar-refractivity contribution in [2.75, 3.05) is 11.9 Å². The number of rotatable bonds is 3. The molecule has 26 heavy (non-hydrogen) atoms. The van der Waals surface area contributed by atoms with Crippen LogP contribution in [0.3, 0.4) is 0 Å². The van der Waals surface area contributed by atoms with Gasteiger partial charge in [-0.25, -0.2) is 17.9 Å². The summed E-state index contributed by atoms with van der Waals surface area (Å²) in [6.45, 7) is 0.775. The SMILES string of the molecule is Fc1ccc(Cc2nn(-c3ccc(F)cc3F)c3c2CCCCN3)cc1. The molecule has 134 valence electrons. The van der Waals surface area contributed by atoms with Gasteiger partial charge in [0.05, 0.1) is 5.69 Å². The van der Waals surface area contributed by atoms with Crippen LogP contribution in [0.2, 0.25) is 0 Å². The van der Waals surface area contributed by atoms with E-state index in [2.05, 4.69) is 10.4 Å². The molecule has 0 saturated heterocycles. The molecule has 3 nitrogen and oxygen atoms in total. The Bertz CT molecular complexity index is 932. The summed E-state index contributed by atoms with van der Waals surface area (Å²) >= 11 is 0. The monoisotopic (exact) mass is 357 g/mol. The minimum Gasteiger partial charge on any atom is -0.370 e. The molecule has 1 aliphatic heterocycles. The molecule has 0 amide bonds. The third-order valence-electron chi connectivity index (χ3n) is 4.64. The molecule has 0 aliphatic carbocycles. The first-order valence-electron chi connectivity index (χ1n) is 8.66. The summed E-state index contributed by atoms with van der Waals surface area (Å²) in [5.41, 5.74) is 3.00. The highest BCUT2D eigenvalue weighted by Gasteiger charge is 2.22. The van der Waals surface area contributed by atoms with Crippen LogP contribution < -0.4 is 5.32 Å². The summed E-state index contributed by atoms with van der Waals surface area (Å²) in [5, 5.41) is 7.94. The number of aromatic nitrogens is 2. The Morgan fingerprint density at radius 1 is 0.962 bits per heavy atom. The van der Waals surface area contributed by atoms with Crippen molar-refractivity contribution in [3.05, 3.63) is 76.7 Å². The third kappa shape index (κ3) is 3.19. The summed E-state index contributed by atoms with van der Waals surface area (Å²) in [7, 11) is 0. The van der Waals surface area contributed by atoms with Crippen LogP contribution in [0, 0.1) is 17.5 Å². The lowest BCUT2D eigenvalue weighted by atomic mass is 10.0. The molecule has 4 rings (SSSR count). The van der Waals surface area contributed by atoms with Crippen molar-refractivity contribution in [1.82, 2.24) is 9.78 Å². The van der Waals surface area contributed by atoms with E-state index in [0.717, 1.165) is 54.5 Å². The van der Waals surface area contributed by atoms with Crippen LogP contribution in [-0.2, 0) is 12.8 Å². The highest BCUT2D eigenvalue weighted by Crippen LogP contribution is 2.30. The summed E-state index contributed by atoms with van der Waals surface area (Å²) in [4.78, 5) is 0. The Kier molecular flexibility index (Phi) is 4.41. The fourth-order valence-electron chi connectivity index (χ4n) is 3.34. The maximum Gasteiger partial charge on any atom is 0.151 e. The number of benzene rings is 2. The van der Waals surface area contributed by atoms with Crippen molar-refractivity contribution in [3.8, 4) is 5.69 Å². The maximum absolute atomic E-state index is 14.3. The standard InChI is InChI=1S/C20H18F3N3/c21-14-6-4-13(5-7-14)11-18-16-3-1-2-10-24-20(16)26(25-18)19-9-8-15(22)12-17(19)23/h4-9,12,24H,1-3,10-11H2. The van der Waals surface area contributed by atoms with E-state index < -0.39 is 11.6 Å². The van der Waals surface area contributed by atoms with E-state index in [1.54, 1.807) is 12.1 Å². The van der Waals surface area contributed by atoms with Crippen LogP contribution in [-0.4, -0.2) is 16.3 Å². The van der Waals surface area contributed by atoms with Crippen molar-refractivity contribution >= 4 is 5.82 Å². The third-order valence-corrected chi connectivity index (χ3v) is 4.64. The first-order valence-corrected chi connectivity index (χ1v) is 8.66. The average molecular weight is 357 g/mol. The van der Waals surface area contributed by atoms with Gasteiger partial charge >= 0.3 is 0 Å². The fraction of sp³-hybridized carbons (Fsp3) is 0.250. The van der Waals surface area contributed by atoms with Gasteiger partial charge in [-0.3, -0.25) is 0 Å². The Balaban J connectivity index is 1.79. The average Bonchev–Trinajstić information content (AvgIpc) is 2.80. The Hall–Kier alpha value is -2.76. The van der Waals surface area contributed by atoms with Gasteiger partial charge < -0.3 is 5.32 Å². The summed E-state index contributed by atoms with van der Waals surface area (Å²) < 4.78 is 42.3. The predicted octanol–water partition coefficient (Wildman–Crippen LogP) is 4.63. The molecule has 0 atom stereocenters. The second-order valence-electron chi connectivity index (χ2n) is 6.47. The lowest BCUT2D eigenvalue weighted by Crippen LogP contribution is -2.08. The number of anilines is 1. The zero-order valence-electron chi connectivity index (χ0n) is 14.1. The van der Waals surface area contributed by atoms with E-state index in [0.29, 0.717) is 6.42 Å². The quantitative estimate of drug-likeness (QED) is 0.741. The zero-order chi connectivity index (χ0) is 18.1. The highest BCUT2D eigenvalue weighted by atomic mass is 19.1. The number of halogens is 3. The van der Waals surface area contributed by atoms with Gasteiger partial charge in [-0.05, 0) is 49.1 Å². The molecule has 1 aliphatic rings. The Morgan fingerprint density at radius 2 is 1.73 bits per heavy atom. The predicted molar refractivity (Wildman–Crippen MR) is 94.1 cm³/mol. The van der Waals surface area contributed by atoms with Crippen molar-refractivity contribution in [1.29, 1.82) is 0 Å². The van der Waals surface area contributed by atoms with Gasteiger partial charge in [0.15, 0.2) is 5.82 Å². The first kappa shape index (κ1) is 16.7. The minimum atomic E-state index is -0.658. The van der Waals surface area contributed by atoms with Crippen molar-refractivity contribution in [3.63, 3.8) is 0 Å². The zero-order valence-corrected chi connectivity index (χ0v) is 14.1. The molecule has 1 N–H and O–H groups in total. The van der Waals surface area contributed by atoms with Gasteiger partial charge in [0.25, 0.3) is 0 Å². The van der Waals surface area contributed by atoms with E-state index in [-0.39, 0.29) is 11.5 Å². The normalized spacial score (nSPS) is 13.8. The Morgan fingerprint density at radius 3 is 2.50 bits per heavy atom. The summed E-state index contributed by atoms with van der Waals surface area (Å²) in [6, 6.07) is 9.77. The van der Waals surface area contributed by atoms with Crippen LogP contribution in [0.25, 0.3) is 5.69 Å². The van der Waals surface area contributed by atoms with Crippen molar-refractivity contribution < 1.29 is 13.2 Å². The van der Waals surface area contributed by atoms with Crippen LogP contribution >= 0.6 is 0 Å². The van der Waals surface area contributed by atoms with E-state index in [9.17, 15) is 13.2 Å². The van der Waals surface area contributed by atoms with Crippen LogP contribution in [0.15, 0.2) is 42.5 Å². The molecule has 0 spiro atoms. The molecule has 2 heterocycles. The number of fused-ring (bicyclic) bond motifs is 1. The molecule has 3 aromatic rings. The van der Waals surface area contributed by atoms with E-state index in [1.165, 1.54) is 28.9 Å². The van der Waals surface area contributed by atoms with E-state index in [1.807, 2.05) is 0 Å². The largest absolute Gasteiger partial charge is 0.370 e. The lowest BCUT2D eigenvalue weighted by molar-refractivity contribution is 0.573. The molecule has 0 fully saturated rings. The van der Waals surface area contributed by atoms with Gasteiger partial charge in [0, 0.05) is 24.6 Å². The molecule has 0 radical (unpaired) electrons. The minimum absolute atomic E-state index is 0.211. The number of hydrogen-bond donors (Lipinski definition) is 1. The number of nitrogens with one attached hydrogen (secondary N) is 1. The van der Waals surface area contributed by atoms with Crippen molar-refractivity contribution in [2.45, 2.75) is 25.7 Å². The van der Waals surface area contributed by atoms with Crippen LogP contribution in [0.5, 0.6) is 0 Å². The van der Waals surface area contributed by atoms with Crippen LogP contribution in [0.1, 0.15) is 29.7 Å². The Labute approximate surface area is 149 Å². The molecule has 0 bridgehead atoms. The first-order chi connectivity index (χ1) is 12.6. The van der Waals surface area contributed by atoms with E-state index >= 15 is 0 Å². The second-order valence-corrected chi connectivity index (χ2v) is 6.47. The number of nitrogens with zero attached hydrogens (tertiary/aromatic N) is 2. The molecule has 0 unspecified atom stereocenters. The molecule has 6 heteroatoms. The lowest BCUT2D eigenvalue weighted by Gasteiger charge is -2.10. The van der Waals surface area contributed by atoms with Crippen molar-refractivity contribution in [2.24, 2.45) is 0 Å². The van der Waals surface area contributed by atoms with Gasteiger partial charge in [0.2, 0.25) is 0 Å². The second kappa shape index (κ2) is 6.86. The topological polar surface area (TPSA) is 29.9 Å². The highest BCUT2D eigenvalue weighted by molar-refractivity contribution is 5.55. The van der Waals surface area contributed by atoms with Gasteiger partial charge in [-0.1, -0.05) is 12.1 Å².